The first-order valence-corrected chi connectivity index (χ1v) is 5.37. The van der Waals surface area contributed by atoms with Crippen molar-refractivity contribution in [3.05, 3.63) is 28.0 Å². The Balaban J connectivity index is 3.41. The van der Waals surface area contributed by atoms with E-state index in [4.69, 9.17) is 11.6 Å². The van der Waals surface area contributed by atoms with E-state index in [2.05, 4.69) is 20.9 Å². The number of rotatable bonds is 2. The standard InChI is InChI=1S/C8H4BrClF5N/c9-1-3-4(7(11)12)2-16-6(5(3)10)8(13,14)15/h2,7H,1H2. The van der Waals surface area contributed by atoms with Gasteiger partial charge < -0.3 is 0 Å². The highest BCUT2D eigenvalue weighted by atomic mass is 79.9. The maximum absolute atomic E-state index is 12.4. The average molecular weight is 324 g/mol. The third kappa shape index (κ3) is 2.63. The molecule has 0 aromatic carbocycles. The molecule has 90 valence electrons. The van der Waals surface area contributed by atoms with E-state index in [0.29, 0.717) is 6.20 Å². The van der Waals surface area contributed by atoms with Gasteiger partial charge in [0.1, 0.15) is 0 Å². The van der Waals surface area contributed by atoms with Crippen LogP contribution in [0.25, 0.3) is 0 Å². The molecule has 1 heterocycles. The van der Waals surface area contributed by atoms with Crippen LogP contribution in [-0.4, -0.2) is 4.98 Å². The van der Waals surface area contributed by atoms with Crippen LogP contribution in [0.3, 0.4) is 0 Å². The molecule has 0 aliphatic heterocycles. The Morgan fingerprint density at radius 3 is 2.31 bits per heavy atom. The molecule has 0 saturated heterocycles. The first kappa shape index (κ1) is 13.6. The quantitative estimate of drug-likeness (QED) is 0.573. The zero-order valence-corrected chi connectivity index (χ0v) is 9.80. The lowest BCUT2D eigenvalue weighted by Gasteiger charge is -2.13. The van der Waals surface area contributed by atoms with Gasteiger partial charge in [-0.2, -0.15) is 13.2 Å². The molecule has 1 aromatic heterocycles. The molecule has 0 N–H and O–H groups in total. The third-order valence-electron chi connectivity index (χ3n) is 1.79. The summed E-state index contributed by atoms with van der Waals surface area (Å²) >= 11 is 8.21. The third-order valence-corrected chi connectivity index (χ3v) is 2.76. The van der Waals surface area contributed by atoms with E-state index in [0.717, 1.165) is 0 Å². The van der Waals surface area contributed by atoms with Crippen molar-refractivity contribution < 1.29 is 22.0 Å². The Morgan fingerprint density at radius 2 is 1.94 bits per heavy atom. The van der Waals surface area contributed by atoms with Gasteiger partial charge in [-0.3, -0.25) is 0 Å². The van der Waals surface area contributed by atoms with Crippen LogP contribution < -0.4 is 0 Å². The van der Waals surface area contributed by atoms with Crippen LogP contribution in [0.2, 0.25) is 5.02 Å². The van der Waals surface area contributed by atoms with Crippen LogP contribution in [0.4, 0.5) is 22.0 Å². The van der Waals surface area contributed by atoms with Gasteiger partial charge in [0.05, 0.1) is 5.02 Å². The maximum atomic E-state index is 12.4. The highest BCUT2D eigenvalue weighted by Gasteiger charge is 2.37. The van der Waals surface area contributed by atoms with Crippen molar-refractivity contribution in [1.82, 2.24) is 4.98 Å². The topological polar surface area (TPSA) is 12.9 Å². The molecule has 0 aliphatic rings. The predicted octanol–water partition coefficient (Wildman–Crippen LogP) is 4.59. The molecular weight excluding hydrogens is 320 g/mol. The van der Waals surface area contributed by atoms with Crippen molar-refractivity contribution in [2.75, 3.05) is 0 Å². The Morgan fingerprint density at radius 1 is 1.38 bits per heavy atom. The lowest BCUT2D eigenvalue weighted by atomic mass is 10.1. The van der Waals surface area contributed by atoms with Gasteiger partial charge in [0.15, 0.2) is 5.69 Å². The zero-order chi connectivity index (χ0) is 12.5. The Hall–Kier alpha value is -0.430. The first-order valence-electron chi connectivity index (χ1n) is 3.87. The van der Waals surface area contributed by atoms with Gasteiger partial charge in [-0.25, -0.2) is 13.8 Å². The van der Waals surface area contributed by atoms with Crippen LogP contribution in [0.15, 0.2) is 6.20 Å². The summed E-state index contributed by atoms with van der Waals surface area (Å²) in [4.78, 5) is 2.92. The van der Waals surface area contributed by atoms with Gasteiger partial charge in [0, 0.05) is 17.1 Å². The molecule has 0 amide bonds. The minimum absolute atomic E-state index is 0.197. The van der Waals surface area contributed by atoms with E-state index in [9.17, 15) is 22.0 Å². The molecule has 0 radical (unpaired) electrons. The van der Waals surface area contributed by atoms with Gasteiger partial charge in [-0.1, -0.05) is 27.5 Å². The molecule has 1 rings (SSSR count). The van der Waals surface area contributed by atoms with Gasteiger partial charge in [0.2, 0.25) is 0 Å². The van der Waals surface area contributed by atoms with Crippen molar-refractivity contribution in [3.63, 3.8) is 0 Å². The predicted molar refractivity (Wildman–Crippen MR) is 51.8 cm³/mol. The summed E-state index contributed by atoms with van der Waals surface area (Å²) in [6.07, 6.45) is -7.18. The molecule has 1 aromatic rings. The SMILES string of the molecule is FC(F)c1cnc(C(F)(F)F)c(Cl)c1CBr. The number of hydrogen-bond acceptors (Lipinski definition) is 1. The summed E-state index contributed by atoms with van der Waals surface area (Å²) in [7, 11) is 0. The van der Waals surface area contributed by atoms with Gasteiger partial charge >= 0.3 is 6.18 Å². The maximum Gasteiger partial charge on any atom is 0.434 e. The first-order chi connectivity index (χ1) is 7.29. The van der Waals surface area contributed by atoms with Gasteiger partial charge in [-0.15, -0.1) is 0 Å². The second-order valence-corrected chi connectivity index (χ2v) is 3.73. The minimum Gasteiger partial charge on any atom is -0.250 e. The van der Waals surface area contributed by atoms with E-state index in [1.54, 1.807) is 0 Å². The van der Waals surface area contributed by atoms with Crippen LogP contribution in [-0.2, 0) is 11.5 Å². The zero-order valence-electron chi connectivity index (χ0n) is 7.45. The molecule has 16 heavy (non-hydrogen) atoms. The Labute approximate surface area is 101 Å². The van der Waals surface area contributed by atoms with Crippen LogP contribution in [0, 0.1) is 0 Å². The van der Waals surface area contributed by atoms with E-state index in [-0.39, 0.29) is 10.9 Å². The Kier molecular flexibility index (Phi) is 4.12. The van der Waals surface area contributed by atoms with Gasteiger partial charge in [0.25, 0.3) is 6.43 Å². The number of hydrogen-bond donors (Lipinski definition) is 0. The van der Waals surface area contributed by atoms with E-state index >= 15 is 0 Å². The fraction of sp³-hybridized carbons (Fsp3) is 0.375. The molecular formula is C8H4BrClF5N. The van der Waals surface area contributed by atoms with E-state index < -0.39 is 28.9 Å². The number of nitrogens with zero attached hydrogens (tertiary/aromatic N) is 1. The summed E-state index contributed by atoms with van der Waals surface area (Å²) in [6, 6.07) is 0. The second-order valence-electron chi connectivity index (χ2n) is 2.79. The molecule has 0 spiro atoms. The lowest BCUT2D eigenvalue weighted by Crippen LogP contribution is -2.11. The van der Waals surface area contributed by atoms with E-state index in [1.807, 2.05) is 0 Å². The molecule has 1 nitrogen and oxygen atoms in total. The Bertz CT molecular complexity index is 393. The fourth-order valence-corrected chi connectivity index (χ4v) is 2.16. The highest BCUT2D eigenvalue weighted by molar-refractivity contribution is 9.08. The molecule has 0 aliphatic carbocycles. The van der Waals surface area contributed by atoms with Crippen LogP contribution >= 0.6 is 27.5 Å². The van der Waals surface area contributed by atoms with Crippen molar-refractivity contribution in [2.24, 2.45) is 0 Å². The minimum atomic E-state index is -4.76. The monoisotopic (exact) mass is 323 g/mol. The van der Waals surface area contributed by atoms with Crippen molar-refractivity contribution in [3.8, 4) is 0 Å². The lowest BCUT2D eigenvalue weighted by molar-refractivity contribution is -0.141. The smallest absolute Gasteiger partial charge is 0.250 e. The summed E-state index contributed by atoms with van der Waals surface area (Å²) in [6.45, 7) is 0. The number of aromatic nitrogens is 1. The normalized spacial score (nSPS) is 12.2. The van der Waals surface area contributed by atoms with Crippen molar-refractivity contribution in [2.45, 2.75) is 17.9 Å². The second kappa shape index (κ2) is 4.83. The summed E-state index contributed by atoms with van der Waals surface area (Å²) in [5.41, 5.74) is -2.25. The van der Waals surface area contributed by atoms with Crippen molar-refractivity contribution >= 4 is 27.5 Å². The molecule has 0 unspecified atom stereocenters. The number of alkyl halides is 6. The summed E-state index contributed by atoms with van der Waals surface area (Å²) in [5.74, 6) is 0. The summed E-state index contributed by atoms with van der Waals surface area (Å²) in [5, 5.41) is -0.987. The molecule has 0 fully saturated rings. The van der Waals surface area contributed by atoms with Gasteiger partial charge in [-0.05, 0) is 5.56 Å². The van der Waals surface area contributed by atoms with Crippen LogP contribution in [0.5, 0.6) is 0 Å². The average Bonchev–Trinajstić information content (AvgIpc) is 2.14. The largest absolute Gasteiger partial charge is 0.434 e. The van der Waals surface area contributed by atoms with Crippen molar-refractivity contribution in [1.29, 1.82) is 0 Å². The molecule has 8 heteroatoms. The fourth-order valence-electron chi connectivity index (χ4n) is 1.06. The number of halogens is 7. The molecule has 0 atom stereocenters. The number of pyridine rings is 1. The highest BCUT2D eigenvalue weighted by Crippen LogP contribution is 2.38. The molecule has 0 bridgehead atoms. The van der Waals surface area contributed by atoms with Crippen LogP contribution in [0.1, 0.15) is 23.2 Å². The molecule has 0 saturated carbocycles. The van der Waals surface area contributed by atoms with E-state index in [1.165, 1.54) is 0 Å². The summed E-state index contributed by atoms with van der Waals surface area (Å²) < 4.78 is 61.9.